The van der Waals surface area contributed by atoms with E-state index in [4.69, 9.17) is 4.52 Å². The number of rotatable bonds is 4. The van der Waals surface area contributed by atoms with Crippen LogP contribution in [0.3, 0.4) is 0 Å². The molecular formula is C14H20IN5O. The number of guanidine groups is 1. The summed E-state index contributed by atoms with van der Waals surface area (Å²) in [6, 6.07) is 9.78. The fourth-order valence-corrected chi connectivity index (χ4v) is 1.76. The highest BCUT2D eigenvalue weighted by atomic mass is 127. The molecule has 1 atom stereocenters. The first-order valence-electron chi connectivity index (χ1n) is 6.52. The van der Waals surface area contributed by atoms with E-state index in [0.717, 1.165) is 11.5 Å². The maximum atomic E-state index is 5.32. The summed E-state index contributed by atoms with van der Waals surface area (Å²) in [6.45, 7) is 2.70. The molecule has 1 aromatic carbocycles. The molecule has 0 amide bonds. The number of hydrogen-bond acceptors (Lipinski definition) is 4. The van der Waals surface area contributed by atoms with E-state index in [2.05, 4.69) is 25.8 Å². The molecule has 0 radical (unpaired) electrons. The van der Waals surface area contributed by atoms with Gasteiger partial charge in [0, 0.05) is 26.2 Å². The average Bonchev–Trinajstić information content (AvgIpc) is 2.99. The minimum Gasteiger partial charge on any atom is -0.359 e. The van der Waals surface area contributed by atoms with Crippen LogP contribution in [0.1, 0.15) is 18.7 Å². The minimum absolute atomic E-state index is 0. The fourth-order valence-electron chi connectivity index (χ4n) is 1.76. The van der Waals surface area contributed by atoms with Gasteiger partial charge in [0.15, 0.2) is 5.96 Å². The average molecular weight is 401 g/mol. The standard InChI is InChI=1S/C14H19N5O.HI/c1-10(9-17-14(15-2)16-3)13-18-12(19-20-13)11-7-5-4-6-8-11;/h4-8,10H,9H2,1-3H3,(H2,15,16,17);1H. The lowest BCUT2D eigenvalue weighted by atomic mass is 10.2. The second-order valence-electron chi connectivity index (χ2n) is 4.43. The Hall–Kier alpha value is -1.64. The Morgan fingerprint density at radius 2 is 2.05 bits per heavy atom. The first-order chi connectivity index (χ1) is 9.74. The summed E-state index contributed by atoms with van der Waals surface area (Å²) in [6.07, 6.45) is 0. The normalized spacial score (nSPS) is 12.4. The molecule has 1 heterocycles. The Morgan fingerprint density at radius 3 is 2.67 bits per heavy atom. The zero-order valence-corrected chi connectivity index (χ0v) is 14.7. The van der Waals surface area contributed by atoms with Gasteiger partial charge in [-0.2, -0.15) is 4.98 Å². The van der Waals surface area contributed by atoms with Crippen molar-refractivity contribution in [3.05, 3.63) is 36.2 Å². The minimum atomic E-state index is 0. The molecule has 0 aliphatic heterocycles. The smallest absolute Gasteiger partial charge is 0.231 e. The predicted octanol–water partition coefficient (Wildman–Crippen LogP) is 2.25. The Kier molecular flexibility index (Phi) is 7.13. The van der Waals surface area contributed by atoms with Gasteiger partial charge in [-0.05, 0) is 0 Å². The lowest BCUT2D eigenvalue weighted by molar-refractivity contribution is 0.358. The number of aliphatic imine (C=N–C) groups is 1. The zero-order chi connectivity index (χ0) is 14.4. The van der Waals surface area contributed by atoms with Gasteiger partial charge in [0.1, 0.15) is 0 Å². The molecule has 6 nitrogen and oxygen atoms in total. The molecular weight excluding hydrogens is 381 g/mol. The second kappa shape index (κ2) is 8.60. The van der Waals surface area contributed by atoms with Crippen molar-refractivity contribution < 1.29 is 4.52 Å². The van der Waals surface area contributed by atoms with E-state index in [1.165, 1.54) is 0 Å². The number of nitrogens with zero attached hydrogens (tertiary/aromatic N) is 3. The lowest BCUT2D eigenvalue weighted by Crippen LogP contribution is -2.36. The molecule has 0 bridgehead atoms. The van der Waals surface area contributed by atoms with Crippen LogP contribution in [-0.4, -0.2) is 36.7 Å². The van der Waals surface area contributed by atoms with Crippen LogP contribution in [0.2, 0.25) is 0 Å². The van der Waals surface area contributed by atoms with Gasteiger partial charge in [0.2, 0.25) is 11.7 Å². The second-order valence-corrected chi connectivity index (χ2v) is 4.43. The van der Waals surface area contributed by atoms with Crippen molar-refractivity contribution in [1.82, 2.24) is 20.8 Å². The van der Waals surface area contributed by atoms with Crippen LogP contribution >= 0.6 is 24.0 Å². The molecule has 0 saturated carbocycles. The number of hydrogen-bond donors (Lipinski definition) is 2. The monoisotopic (exact) mass is 401 g/mol. The molecule has 7 heteroatoms. The zero-order valence-electron chi connectivity index (χ0n) is 12.3. The summed E-state index contributed by atoms with van der Waals surface area (Å²) in [7, 11) is 3.55. The van der Waals surface area contributed by atoms with Crippen LogP contribution in [0.5, 0.6) is 0 Å². The van der Waals surface area contributed by atoms with E-state index in [1.54, 1.807) is 7.05 Å². The predicted molar refractivity (Wildman–Crippen MR) is 94.0 cm³/mol. The number of halogens is 1. The molecule has 0 saturated heterocycles. The maximum absolute atomic E-state index is 5.32. The van der Waals surface area contributed by atoms with Gasteiger partial charge < -0.3 is 15.2 Å². The van der Waals surface area contributed by atoms with Crippen LogP contribution in [0.4, 0.5) is 0 Å². The van der Waals surface area contributed by atoms with Gasteiger partial charge in [0.25, 0.3) is 0 Å². The number of nitrogens with one attached hydrogen (secondary N) is 2. The van der Waals surface area contributed by atoms with E-state index in [0.29, 0.717) is 18.3 Å². The van der Waals surface area contributed by atoms with Gasteiger partial charge in [-0.3, -0.25) is 4.99 Å². The first kappa shape index (κ1) is 17.4. The molecule has 0 spiro atoms. The van der Waals surface area contributed by atoms with Crippen LogP contribution in [0.25, 0.3) is 11.4 Å². The van der Waals surface area contributed by atoms with Gasteiger partial charge in [0.05, 0.1) is 5.92 Å². The van der Waals surface area contributed by atoms with Crippen LogP contribution in [0, 0.1) is 0 Å². The first-order valence-corrected chi connectivity index (χ1v) is 6.52. The Morgan fingerprint density at radius 1 is 1.33 bits per heavy atom. The van der Waals surface area contributed by atoms with Gasteiger partial charge >= 0.3 is 0 Å². The van der Waals surface area contributed by atoms with Gasteiger partial charge in [-0.25, -0.2) is 0 Å². The Balaban J connectivity index is 0.00000220. The lowest BCUT2D eigenvalue weighted by Gasteiger charge is -2.10. The van der Waals surface area contributed by atoms with Crippen LogP contribution in [-0.2, 0) is 0 Å². The van der Waals surface area contributed by atoms with E-state index in [9.17, 15) is 0 Å². The quantitative estimate of drug-likeness (QED) is 0.467. The molecule has 0 aliphatic carbocycles. The third-order valence-electron chi connectivity index (χ3n) is 2.93. The van der Waals surface area contributed by atoms with Crippen molar-refractivity contribution in [3.63, 3.8) is 0 Å². The number of aromatic nitrogens is 2. The van der Waals surface area contributed by atoms with E-state index in [-0.39, 0.29) is 29.9 Å². The molecule has 2 N–H and O–H groups in total. The van der Waals surface area contributed by atoms with Crippen LogP contribution in [0.15, 0.2) is 39.8 Å². The summed E-state index contributed by atoms with van der Waals surface area (Å²) in [4.78, 5) is 8.48. The third-order valence-corrected chi connectivity index (χ3v) is 2.93. The van der Waals surface area contributed by atoms with Gasteiger partial charge in [-0.15, -0.1) is 24.0 Å². The van der Waals surface area contributed by atoms with E-state index >= 15 is 0 Å². The third kappa shape index (κ3) is 4.69. The van der Waals surface area contributed by atoms with Crippen molar-refractivity contribution in [2.24, 2.45) is 4.99 Å². The number of benzene rings is 1. The van der Waals surface area contributed by atoms with E-state index < -0.39 is 0 Å². The molecule has 114 valence electrons. The van der Waals surface area contributed by atoms with Crippen molar-refractivity contribution >= 4 is 29.9 Å². The van der Waals surface area contributed by atoms with Crippen LogP contribution < -0.4 is 10.6 Å². The van der Waals surface area contributed by atoms with Crippen molar-refractivity contribution in [2.75, 3.05) is 20.6 Å². The molecule has 0 fully saturated rings. The summed E-state index contributed by atoms with van der Waals surface area (Å²) >= 11 is 0. The summed E-state index contributed by atoms with van der Waals surface area (Å²) < 4.78 is 5.32. The highest BCUT2D eigenvalue weighted by Gasteiger charge is 2.15. The van der Waals surface area contributed by atoms with Crippen molar-refractivity contribution in [2.45, 2.75) is 12.8 Å². The Bertz CT molecular complexity index is 570. The molecule has 0 aliphatic rings. The topological polar surface area (TPSA) is 75.3 Å². The summed E-state index contributed by atoms with van der Waals surface area (Å²) in [5, 5.41) is 10.2. The SMILES string of the molecule is CN=C(NC)NCC(C)c1nc(-c2ccccc2)no1.I. The Labute approximate surface area is 141 Å². The fraction of sp³-hybridized carbons (Fsp3) is 0.357. The van der Waals surface area contributed by atoms with Crippen molar-refractivity contribution in [3.8, 4) is 11.4 Å². The summed E-state index contributed by atoms with van der Waals surface area (Å²) in [5.74, 6) is 2.07. The van der Waals surface area contributed by atoms with Crippen molar-refractivity contribution in [1.29, 1.82) is 0 Å². The van der Waals surface area contributed by atoms with E-state index in [1.807, 2.05) is 44.3 Å². The summed E-state index contributed by atoms with van der Waals surface area (Å²) in [5.41, 5.74) is 0.952. The maximum Gasteiger partial charge on any atom is 0.231 e. The molecule has 1 unspecified atom stereocenters. The molecule has 2 rings (SSSR count). The highest BCUT2D eigenvalue weighted by molar-refractivity contribution is 14.0. The molecule has 2 aromatic rings. The largest absolute Gasteiger partial charge is 0.359 e. The molecule has 1 aromatic heterocycles. The molecule has 21 heavy (non-hydrogen) atoms. The van der Waals surface area contributed by atoms with Gasteiger partial charge in [-0.1, -0.05) is 42.4 Å². The highest BCUT2D eigenvalue weighted by Crippen LogP contribution is 2.18.